The Morgan fingerprint density at radius 3 is 2.45 bits per heavy atom. The van der Waals surface area contributed by atoms with Gasteiger partial charge in [-0.3, -0.25) is 9.11 Å². The van der Waals surface area contributed by atoms with Gasteiger partial charge in [0.2, 0.25) is 0 Å². The van der Waals surface area contributed by atoms with Crippen molar-refractivity contribution >= 4 is 26.5 Å². The van der Waals surface area contributed by atoms with E-state index in [1.54, 1.807) is 51.1 Å². The molecule has 3 rings (SSSR count). The number of hydrogen-bond acceptors (Lipinski definition) is 7. The van der Waals surface area contributed by atoms with Gasteiger partial charge in [0.1, 0.15) is 23.2 Å². The second-order valence-corrected chi connectivity index (χ2v) is 12.4. The van der Waals surface area contributed by atoms with Crippen LogP contribution in [0.2, 0.25) is 0 Å². The van der Waals surface area contributed by atoms with E-state index in [1.165, 1.54) is 18.2 Å². The van der Waals surface area contributed by atoms with E-state index in [2.05, 4.69) is 5.32 Å². The number of nitrogens with one attached hydrogen (secondary N) is 1. The smallest absolute Gasteiger partial charge is 0.407 e. The minimum atomic E-state index is -3.88. The van der Waals surface area contributed by atoms with Crippen molar-refractivity contribution < 1.29 is 31.8 Å². The Balaban J connectivity index is 1.81. The van der Waals surface area contributed by atoms with Crippen LogP contribution in [0.5, 0.6) is 5.75 Å². The highest BCUT2D eigenvalue weighted by molar-refractivity contribution is 8.25. The van der Waals surface area contributed by atoms with E-state index in [0.29, 0.717) is 0 Å². The number of fused-ring (bicyclic) bond motifs is 1. The molecule has 10 heteroatoms. The first kappa shape index (κ1) is 23.4. The van der Waals surface area contributed by atoms with Crippen LogP contribution in [0.15, 0.2) is 58.3 Å². The van der Waals surface area contributed by atoms with Crippen molar-refractivity contribution in [1.29, 1.82) is 0 Å². The van der Waals surface area contributed by atoms with E-state index in [0.717, 1.165) is 0 Å². The molecule has 1 amide bonds. The molecule has 2 aromatic rings. The summed E-state index contributed by atoms with van der Waals surface area (Å²) in [5.41, 5.74) is -0.373. The molecule has 3 N–H and O–H groups in total. The number of alkyl carbamates (subject to hydrolysis) is 1. The molecule has 0 aromatic heterocycles. The summed E-state index contributed by atoms with van der Waals surface area (Å²) in [7, 11) is -7.16. The third-order valence-corrected chi connectivity index (χ3v) is 8.71. The van der Waals surface area contributed by atoms with Crippen molar-refractivity contribution in [3.05, 3.63) is 54.1 Å². The molecule has 0 spiro atoms. The Labute approximate surface area is 183 Å². The summed E-state index contributed by atoms with van der Waals surface area (Å²) in [5.74, 6) is -0.0821. The lowest BCUT2D eigenvalue weighted by molar-refractivity contribution is 0.0520. The summed E-state index contributed by atoms with van der Waals surface area (Å²) >= 11 is 0. The number of carbonyl (C=O) groups excluding carboxylic acids is 1. The average molecular weight is 470 g/mol. The fraction of sp³-hybridized carbons (Fsp3) is 0.381. The lowest BCUT2D eigenvalue weighted by Crippen LogP contribution is -2.34. The molecule has 2 aromatic carbocycles. The predicted molar refractivity (Wildman–Crippen MR) is 119 cm³/mol. The van der Waals surface area contributed by atoms with Crippen LogP contribution in [0.25, 0.3) is 0 Å². The number of hydrogen-bond donors (Lipinski definition) is 3. The zero-order chi connectivity index (χ0) is 22.9. The highest BCUT2D eigenvalue weighted by Crippen LogP contribution is 2.63. The number of benzene rings is 2. The summed E-state index contributed by atoms with van der Waals surface area (Å²) in [4.78, 5) is 12.0. The normalized spacial score (nSPS) is 18.7. The van der Waals surface area contributed by atoms with Crippen molar-refractivity contribution in [2.24, 2.45) is 0 Å². The first-order valence-electron chi connectivity index (χ1n) is 9.69. The van der Waals surface area contributed by atoms with Crippen molar-refractivity contribution in [3.63, 3.8) is 0 Å². The monoisotopic (exact) mass is 469 g/mol. The molecule has 0 bridgehead atoms. The lowest BCUT2D eigenvalue weighted by atomic mass is 10.1. The van der Waals surface area contributed by atoms with Gasteiger partial charge in [0.05, 0.1) is 22.1 Å². The number of sulfone groups is 1. The van der Waals surface area contributed by atoms with Crippen LogP contribution in [0.4, 0.5) is 4.79 Å². The quantitative estimate of drug-likeness (QED) is 0.541. The average Bonchev–Trinajstić information content (AvgIpc) is 2.97. The maximum atomic E-state index is 13.3. The molecule has 0 saturated heterocycles. The van der Waals surface area contributed by atoms with E-state index in [-0.39, 0.29) is 40.0 Å². The predicted octanol–water partition coefficient (Wildman–Crippen LogP) is 4.23. The number of rotatable bonds is 6. The van der Waals surface area contributed by atoms with E-state index in [4.69, 9.17) is 9.47 Å². The maximum Gasteiger partial charge on any atom is 0.407 e. The van der Waals surface area contributed by atoms with Gasteiger partial charge in [0.15, 0.2) is 9.84 Å². The van der Waals surface area contributed by atoms with E-state index < -0.39 is 37.4 Å². The molecular formula is C21H27NO7S2. The molecule has 170 valence electrons. The molecule has 1 aliphatic heterocycles. The summed E-state index contributed by atoms with van der Waals surface area (Å²) in [6.07, 6.45) is -0.590. The number of carbonyl (C=O) groups is 1. The summed E-state index contributed by atoms with van der Waals surface area (Å²) in [6, 6.07) is 12.6. The van der Waals surface area contributed by atoms with Crippen molar-refractivity contribution in [2.45, 2.75) is 41.4 Å². The molecule has 1 heterocycles. The van der Waals surface area contributed by atoms with Gasteiger partial charge >= 0.3 is 6.09 Å². The molecule has 0 fully saturated rings. The van der Waals surface area contributed by atoms with E-state index >= 15 is 0 Å². The van der Waals surface area contributed by atoms with Crippen LogP contribution >= 0.6 is 10.6 Å². The molecule has 0 aliphatic carbocycles. The standard InChI is InChI=1S/C21H27NO7S2/c1-21(2,3)29-20(23)22-12-13-28-16-10-7-11-17-19(16)18(14-30(17,24)25)31(26,27)15-8-5-4-6-9-15/h4-11,18,24-25H,12-14H2,1-3H3,(H,22,23). The molecule has 1 atom stereocenters. The molecule has 0 radical (unpaired) electrons. The lowest BCUT2D eigenvalue weighted by Gasteiger charge is -2.27. The number of ether oxygens (including phenoxy) is 2. The molecule has 1 unspecified atom stereocenters. The Kier molecular flexibility index (Phi) is 6.56. The third kappa shape index (κ3) is 5.32. The van der Waals surface area contributed by atoms with Gasteiger partial charge in [-0.05, 0) is 45.0 Å². The molecule has 1 aliphatic rings. The highest BCUT2D eigenvalue weighted by atomic mass is 32.3. The van der Waals surface area contributed by atoms with Crippen molar-refractivity contribution in [1.82, 2.24) is 5.32 Å². The molecular weight excluding hydrogens is 442 g/mol. The van der Waals surface area contributed by atoms with Crippen molar-refractivity contribution in [3.8, 4) is 5.75 Å². The third-order valence-electron chi connectivity index (χ3n) is 4.56. The number of amides is 1. The fourth-order valence-electron chi connectivity index (χ4n) is 3.28. The van der Waals surface area contributed by atoms with E-state index in [1.807, 2.05) is 0 Å². The summed E-state index contributed by atoms with van der Waals surface area (Å²) < 4.78 is 58.5. The Morgan fingerprint density at radius 1 is 1.13 bits per heavy atom. The Morgan fingerprint density at radius 2 is 1.81 bits per heavy atom. The van der Waals surface area contributed by atoms with Gasteiger partial charge in [-0.25, -0.2) is 13.2 Å². The Hall–Kier alpha value is -2.27. The van der Waals surface area contributed by atoms with Gasteiger partial charge < -0.3 is 14.8 Å². The zero-order valence-corrected chi connectivity index (χ0v) is 19.2. The van der Waals surface area contributed by atoms with Crippen LogP contribution in [0.1, 0.15) is 31.6 Å². The van der Waals surface area contributed by atoms with Crippen LogP contribution in [-0.4, -0.2) is 48.1 Å². The van der Waals surface area contributed by atoms with Gasteiger partial charge in [-0.2, -0.15) is 10.6 Å². The fourth-order valence-corrected chi connectivity index (χ4v) is 7.72. The highest BCUT2D eigenvalue weighted by Gasteiger charge is 2.45. The first-order valence-corrected chi connectivity index (χ1v) is 13.0. The molecule has 8 nitrogen and oxygen atoms in total. The zero-order valence-electron chi connectivity index (χ0n) is 17.6. The van der Waals surface area contributed by atoms with Gasteiger partial charge in [-0.15, -0.1) is 0 Å². The largest absolute Gasteiger partial charge is 0.491 e. The van der Waals surface area contributed by atoms with Crippen molar-refractivity contribution in [2.75, 3.05) is 18.9 Å². The second kappa shape index (κ2) is 8.70. The van der Waals surface area contributed by atoms with Gasteiger partial charge in [-0.1, -0.05) is 24.3 Å². The molecule has 31 heavy (non-hydrogen) atoms. The molecule has 0 saturated carbocycles. The van der Waals surface area contributed by atoms with Crippen LogP contribution in [0, 0.1) is 0 Å². The first-order chi connectivity index (χ1) is 14.4. The van der Waals surface area contributed by atoms with Crippen LogP contribution in [0.3, 0.4) is 0 Å². The van der Waals surface area contributed by atoms with E-state index in [9.17, 15) is 22.3 Å². The topological polar surface area (TPSA) is 122 Å². The minimum absolute atomic E-state index is 0.0486. The minimum Gasteiger partial charge on any atom is -0.491 e. The van der Waals surface area contributed by atoms with Gasteiger partial charge in [0, 0.05) is 5.56 Å². The SMILES string of the molecule is CC(C)(C)OC(=O)NCCOc1cccc2c1C(S(=O)(=O)c1ccccc1)CS2(O)O. The Bertz CT molecular complexity index is 1050. The summed E-state index contributed by atoms with van der Waals surface area (Å²) in [5, 5.41) is 1.41. The van der Waals surface area contributed by atoms with Crippen LogP contribution < -0.4 is 10.1 Å². The van der Waals surface area contributed by atoms with Gasteiger partial charge in [0.25, 0.3) is 0 Å². The summed E-state index contributed by atoms with van der Waals surface area (Å²) in [6.45, 7) is 5.43. The second-order valence-electron chi connectivity index (χ2n) is 8.13. The maximum absolute atomic E-state index is 13.3. The van der Waals surface area contributed by atoms with Crippen LogP contribution in [-0.2, 0) is 14.6 Å².